The molecule has 0 bridgehead atoms. The number of nitrogens with one attached hydrogen (secondary N) is 2. The van der Waals surface area contributed by atoms with Gasteiger partial charge in [0.2, 0.25) is 5.91 Å². The van der Waals surface area contributed by atoms with Crippen LogP contribution in [0.1, 0.15) is 18.1 Å². The molecule has 1 aromatic rings. The van der Waals surface area contributed by atoms with Crippen LogP contribution in [0.2, 0.25) is 0 Å². The monoisotopic (exact) mass is 318 g/mol. The molecule has 0 saturated carbocycles. The van der Waals surface area contributed by atoms with E-state index in [9.17, 15) is 9.59 Å². The van der Waals surface area contributed by atoms with Gasteiger partial charge in [0.1, 0.15) is 0 Å². The normalized spacial score (nSPS) is 16.1. The Hall–Kier alpha value is -1.92. The molecule has 2 rings (SSSR count). The van der Waals surface area contributed by atoms with E-state index in [2.05, 4.69) is 51.6 Å². The van der Waals surface area contributed by atoms with E-state index in [1.165, 1.54) is 11.1 Å². The van der Waals surface area contributed by atoms with Crippen molar-refractivity contribution in [1.29, 1.82) is 0 Å². The zero-order chi connectivity index (χ0) is 16.7. The van der Waals surface area contributed by atoms with Crippen LogP contribution in [-0.2, 0) is 11.3 Å². The smallest absolute Gasteiger partial charge is 0.321 e. The number of urea groups is 1. The summed E-state index contributed by atoms with van der Waals surface area (Å²) in [5.74, 6) is -0.247. The first kappa shape index (κ1) is 17.4. The maximum absolute atomic E-state index is 11.8. The highest BCUT2D eigenvalue weighted by Gasteiger charge is 2.19. The van der Waals surface area contributed by atoms with E-state index < -0.39 is 6.03 Å². The van der Waals surface area contributed by atoms with Crippen LogP contribution < -0.4 is 10.6 Å². The Bertz CT molecular complexity index is 539. The average Bonchev–Trinajstić information content (AvgIpc) is 2.49. The predicted octanol–water partition coefficient (Wildman–Crippen LogP) is 0.958. The molecule has 23 heavy (non-hydrogen) atoms. The van der Waals surface area contributed by atoms with Gasteiger partial charge >= 0.3 is 6.03 Å². The van der Waals surface area contributed by atoms with Gasteiger partial charge in [-0.3, -0.25) is 19.9 Å². The molecule has 126 valence electrons. The first-order valence-corrected chi connectivity index (χ1v) is 8.14. The van der Waals surface area contributed by atoms with Crippen LogP contribution >= 0.6 is 0 Å². The quantitative estimate of drug-likeness (QED) is 0.849. The standard InChI is InChI=1S/C17H26N4O2/c1-3-18-17(23)19-16(22)13-21-9-7-20(8-10-21)12-15-6-4-5-14(2)11-15/h4-6,11H,3,7-10,12-13H2,1-2H3,(H2,18,19,22,23). The number of imide groups is 1. The number of aryl methyl sites for hydroxylation is 1. The molecule has 0 aromatic heterocycles. The second-order valence-corrected chi connectivity index (χ2v) is 5.95. The lowest BCUT2D eigenvalue weighted by molar-refractivity contribution is -0.121. The highest BCUT2D eigenvalue weighted by molar-refractivity contribution is 5.95. The molecule has 1 aliphatic rings. The number of benzene rings is 1. The second kappa shape index (κ2) is 8.64. The van der Waals surface area contributed by atoms with Gasteiger partial charge in [0, 0.05) is 39.3 Å². The van der Waals surface area contributed by atoms with Crippen molar-refractivity contribution in [1.82, 2.24) is 20.4 Å². The van der Waals surface area contributed by atoms with Gasteiger partial charge < -0.3 is 5.32 Å². The third kappa shape index (κ3) is 6.00. The van der Waals surface area contributed by atoms with Crippen LogP contribution in [-0.4, -0.2) is 61.0 Å². The van der Waals surface area contributed by atoms with Crippen LogP contribution in [0.15, 0.2) is 24.3 Å². The van der Waals surface area contributed by atoms with Crippen LogP contribution in [0.4, 0.5) is 4.79 Å². The first-order valence-electron chi connectivity index (χ1n) is 8.14. The first-order chi connectivity index (χ1) is 11.1. The highest BCUT2D eigenvalue weighted by Crippen LogP contribution is 2.10. The van der Waals surface area contributed by atoms with Gasteiger partial charge in [-0.15, -0.1) is 0 Å². The molecule has 1 fully saturated rings. The van der Waals surface area contributed by atoms with Crippen LogP contribution in [0, 0.1) is 6.92 Å². The molecule has 0 unspecified atom stereocenters. The fourth-order valence-corrected chi connectivity index (χ4v) is 2.75. The largest absolute Gasteiger partial charge is 0.338 e. The third-order valence-corrected chi connectivity index (χ3v) is 3.91. The van der Waals surface area contributed by atoms with E-state index in [1.54, 1.807) is 0 Å². The Kier molecular flexibility index (Phi) is 6.55. The molecular weight excluding hydrogens is 292 g/mol. The molecule has 1 heterocycles. The summed E-state index contributed by atoms with van der Waals surface area (Å²) in [5, 5.41) is 4.90. The van der Waals surface area contributed by atoms with Gasteiger partial charge in [-0.05, 0) is 19.4 Å². The van der Waals surface area contributed by atoms with Crippen molar-refractivity contribution in [3.8, 4) is 0 Å². The minimum Gasteiger partial charge on any atom is -0.338 e. The van der Waals surface area contributed by atoms with Gasteiger partial charge in [-0.1, -0.05) is 29.8 Å². The molecular formula is C17H26N4O2. The minimum absolute atomic E-state index is 0.247. The highest BCUT2D eigenvalue weighted by atomic mass is 16.2. The number of piperazine rings is 1. The van der Waals surface area contributed by atoms with Gasteiger partial charge in [-0.25, -0.2) is 4.79 Å². The van der Waals surface area contributed by atoms with Crippen LogP contribution in [0.3, 0.4) is 0 Å². The minimum atomic E-state index is -0.421. The van der Waals surface area contributed by atoms with Crippen molar-refractivity contribution in [2.75, 3.05) is 39.3 Å². The van der Waals surface area contributed by atoms with E-state index in [1.807, 2.05) is 6.92 Å². The second-order valence-electron chi connectivity index (χ2n) is 5.95. The van der Waals surface area contributed by atoms with E-state index in [-0.39, 0.29) is 12.5 Å². The number of carbonyl (C=O) groups is 2. The van der Waals surface area contributed by atoms with Crippen molar-refractivity contribution < 1.29 is 9.59 Å². The Morgan fingerprint density at radius 3 is 2.48 bits per heavy atom. The van der Waals surface area contributed by atoms with E-state index >= 15 is 0 Å². The van der Waals surface area contributed by atoms with Crippen molar-refractivity contribution >= 4 is 11.9 Å². The number of hydrogen-bond acceptors (Lipinski definition) is 4. The van der Waals surface area contributed by atoms with E-state index in [4.69, 9.17) is 0 Å². The number of rotatable bonds is 5. The molecule has 2 N–H and O–H groups in total. The number of amides is 3. The predicted molar refractivity (Wildman–Crippen MR) is 90.1 cm³/mol. The van der Waals surface area contributed by atoms with Crippen molar-refractivity contribution in [3.63, 3.8) is 0 Å². The van der Waals surface area contributed by atoms with Gasteiger partial charge in [0.25, 0.3) is 0 Å². The number of hydrogen-bond donors (Lipinski definition) is 2. The molecule has 1 saturated heterocycles. The van der Waals surface area contributed by atoms with Crippen LogP contribution in [0.25, 0.3) is 0 Å². The number of nitrogens with zero attached hydrogens (tertiary/aromatic N) is 2. The Labute approximate surface area is 137 Å². The SMILES string of the molecule is CCNC(=O)NC(=O)CN1CCN(Cc2cccc(C)c2)CC1. The van der Waals surface area contributed by atoms with E-state index in [0.29, 0.717) is 6.54 Å². The summed E-state index contributed by atoms with van der Waals surface area (Å²) in [5.41, 5.74) is 2.61. The van der Waals surface area contributed by atoms with Gasteiger partial charge in [0.15, 0.2) is 0 Å². The molecule has 1 aliphatic heterocycles. The molecule has 0 atom stereocenters. The summed E-state index contributed by atoms with van der Waals surface area (Å²) in [4.78, 5) is 27.6. The summed E-state index contributed by atoms with van der Waals surface area (Å²) in [6, 6.07) is 8.14. The summed E-state index contributed by atoms with van der Waals surface area (Å²) < 4.78 is 0. The fraction of sp³-hybridized carbons (Fsp3) is 0.529. The summed E-state index contributed by atoms with van der Waals surface area (Å²) >= 11 is 0. The molecule has 0 spiro atoms. The van der Waals surface area contributed by atoms with Crippen molar-refractivity contribution in [3.05, 3.63) is 35.4 Å². The molecule has 3 amide bonds. The van der Waals surface area contributed by atoms with Gasteiger partial charge in [-0.2, -0.15) is 0 Å². The maximum Gasteiger partial charge on any atom is 0.321 e. The molecule has 1 aromatic carbocycles. The Morgan fingerprint density at radius 2 is 1.83 bits per heavy atom. The Balaban J connectivity index is 1.71. The van der Waals surface area contributed by atoms with Gasteiger partial charge in [0.05, 0.1) is 6.54 Å². The molecule has 6 nitrogen and oxygen atoms in total. The van der Waals surface area contributed by atoms with Crippen molar-refractivity contribution in [2.24, 2.45) is 0 Å². The fourth-order valence-electron chi connectivity index (χ4n) is 2.75. The topological polar surface area (TPSA) is 64.7 Å². The zero-order valence-electron chi connectivity index (χ0n) is 14.0. The Morgan fingerprint density at radius 1 is 1.13 bits per heavy atom. The molecule has 0 aliphatic carbocycles. The lowest BCUT2D eigenvalue weighted by Gasteiger charge is -2.34. The number of carbonyl (C=O) groups excluding carboxylic acids is 2. The summed E-state index contributed by atoms with van der Waals surface area (Å²) in [6.45, 7) is 9.20. The van der Waals surface area contributed by atoms with Crippen LogP contribution in [0.5, 0.6) is 0 Å². The zero-order valence-corrected chi connectivity index (χ0v) is 14.0. The lowest BCUT2D eigenvalue weighted by Crippen LogP contribution is -2.50. The maximum atomic E-state index is 11.8. The molecule has 0 radical (unpaired) electrons. The van der Waals surface area contributed by atoms with Crippen molar-refractivity contribution in [2.45, 2.75) is 20.4 Å². The third-order valence-electron chi connectivity index (χ3n) is 3.91. The molecule has 6 heteroatoms. The summed E-state index contributed by atoms with van der Waals surface area (Å²) in [6.07, 6.45) is 0. The lowest BCUT2D eigenvalue weighted by atomic mass is 10.1. The summed E-state index contributed by atoms with van der Waals surface area (Å²) in [7, 11) is 0. The average molecular weight is 318 g/mol. The van der Waals surface area contributed by atoms with E-state index in [0.717, 1.165) is 32.7 Å².